The number of hydrogen-bond acceptors (Lipinski definition) is 2. The highest BCUT2D eigenvalue weighted by molar-refractivity contribution is 5.95. The predicted octanol–water partition coefficient (Wildman–Crippen LogP) is 4.06. The van der Waals surface area contributed by atoms with Gasteiger partial charge in [-0.05, 0) is 55.7 Å². The van der Waals surface area contributed by atoms with Crippen LogP contribution in [-0.4, -0.2) is 18.5 Å². The van der Waals surface area contributed by atoms with Gasteiger partial charge in [-0.2, -0.15) is 0 Å². The monoisotopic (exact) mass is 288 g/mol. The molecule has 0 spiro atoms. The van der Waals surface area contributed by atoms with Crippen LogP contribution in [-0.2, 0) is 0 Å². The average molecular weight is 288 g/mol. The Bertz CT molecular complexity index is 472. The van der Waals surface area contributed by atoms with Crippen molar-refractivity contribution in [2.24, 2.45) is 11.8 Å². The lowest BCUT2D eigenvalue weighted by atomic mass is 9.80. The van der Waals surface area contributed by atoms with Crippen LogP contribution >= 0.6 is 0 Å². The Morgan fingerprint density at radius 1 is 1.29 bits per heavy atom. The maximum absolute atomic E-state index is 12.0. The van der Waals surface area contributed by atoms with Crippen LogP contribution in [0.5, 0.6) is 0 Å². The summed E-state index contributed by atoms with van der Waals surface area (Å²) >= 11 is 0. The molecule has 0 saturated heterocycles. The molecule has 3 nitrogen and oxygen atoms in total. The molecule has 2 N–H and O–H groups in total. The maximum Gasteiger partial charge on any atom is 0.251 e. The van der Waals surface area contributed by atoms with Crippen LogP contribution < -0.4 is 10.6 Å². The van der Waals surface area contributed by atoms with Crippen molar-refractivity contribution in [3.05, 3.63) is 29.8 Å². The molecule has 3 unspecified atom stereocenters. The molecule has 3 atom stereocenters. The van der Waals surface area contributed by atoms with Crippen LogP contribution in [0.1, 0.15) is 56.8 Å². The topological polar surface area (TPSA) is 41.1 Å². The van der Waals surface area contributed by atoms with E-state index in [1.165, 1.54) is 19.3 Å². The number of nitrogens with one attached hydrogen (secondary N) is 2. The Balaban J connectivity index is 1.99. The van der Waals surface area contributed by atoms with Gasteiger partial charge in [-0.3, -0.25) is 4.79 Å². The van der Waals surface area contributed by atoms with E-state index in [1.54, 1.807) is 0 Å². The summed E-state index contributed by atoms with van der Waals surface area (Å²) in [5, 5.41) is 6.55. The number of rotatable bonds is 5. The van der Waals surface area contributed by atoms with Crippen molar-refractivity contribution >= 4 is 11.6 Å². The maximum atomic E-state index is 12.0. The fraction of sp³-hybridized carbons (Fsp3) is 0.611. The third-order valence-corrected chi connectivity index (χ3v) is 4.44. The highest BCUT2D eigenvalue weighted by Crippen LogP contribution is 2.30. The normalized spacial score (nSPS) is 25.4. The smallest absolute Gasteiger partial charge is 0.251 e. The first-order chi connectivity index (χ1) is 10.1. The summed E-state index contributed by atoms with van der Waals surface area (Å²) < 4.78 is 0. The molecule has 1 saturated carbocycles. The van der Waals surface area contributed by atoms with Crippen LogP contribution in [0.4, 0.5) is 5.69 Å². The van der Waals surface area contributed by atoms with Gasteiger partial charge >= 0.3 is 0 Å². The van der Waals surface area contributed by atoms with Crippen LogP contribution in [0.15, 0.2) is 24.3 Å². The van der Waals surface area contributed by atoms with Crippen molar-refractivity contribution in [2.45, 2.75) is 52.5 Å². The number of hydrogen-bond donors (Lipinski definition) is 2. The van der Waals surface area contributed by atoms with Gasteiger partial charge in [-0.25, -0.2) is 0 Å². The van der Waals surface area contributed by atoms with Crippen molar-refractivity contribution in [3.8, 4) is 0 Å². The second kappa shape index (κ2) is 7.48. The van der Waals surface area contributed by atoms with E-state index in [2.05, 4.69) is 37.5 Å². The van der Waals surface area contributed by atoms with Crippen LogP contribution in [0.25, 0.3) is 0 Å². The molecule has 1 fully saturated rings. The zero-order valence-electron chi connectivity index (χ0n) is 13.5. The molecule has 3 heteroatoms. The zero-order chi connectivity index (χ0) is 15.2. The molecule has 1 aromatic rings. The molecule has 116 valence electrons. The lowest BCUT2D eigenvalue weighted by Gasteiger charge is -2.33. The highest BCUT2D eigenvalue weighted by atomic mass is 16.1. The molecule has 0 aromatic heterocycles. The molecule has 21 heavy (non-hydrogen) atoms. The predicted molar refractivity (Wildman–Crippen MR) is 88.7 cm³/mol. The van der Waals surface area contributed by atoms with Gasteiger partial charge in [-0.1, -0.05) is 26.8 Å². The number of benzene rings is 1. The third-order valence-electron chi connectivity index (χ3n) is 4.44. The summed E-state index contributed by atoms with van der Waals surface area (Å²) in [7, 11) is 0. The number of amides is 1. The fourth-order valence-electron chi connectivity index (χ4n) is 3.18. The van der Waals surface area contributed by atoms with E-state index < -0.39 is 0 Å². The quantitative estimate of drug-likeness (QED) is 0.857. The summed E-state index contributed by atoms with van der Waals surface area (Å²) in [6.07, 6.45) is 4.75. The first kappa shape index (κ1) is 15.9. The van der Waals surface area contributed by atoms with Gasteiger partial charge in [0.05, 0.1) is 0 Å². The fourth-order valence-corrected chi connectivity index (χ4v) is 3.18. The van der Waals surface area contributed by atoms with Crippen molar-refractivity contribution in [1.82, 2.24) is 5.32 Å². The standard InChI is InChI=1S/C18H28N2O/c1-4-10-19-18(21)15-6-5-7-16(12-15)20-17-9-8-13(2)11-14(17)3/h5-7,12-14,17,20H,4,8-11H2,1-3H3,(H,19,21). The summed E-state index contributed by atoms with van der Waals surface area (Å²) in [4.78, 5) is 12.0. The lowest BCUT2D eigenvalue weighted by Crippen LogP contribution is -2.33. The SMILES string of the molecule is CCCNC(=O)c1cccc(NC2CCC(C)CC2C)c1. The molecule has 0 radical (unpaired) electrons. The lowest BCUT2D eigenvalue weighted by molar-refractivity contribution is 0.0953. The van der Waals surface area contributed by atoms with Crippen LogP contribution in [0.2, 0.25) is 0 Å². The van der Waals surface area contributed by atoms with E-state index in [-0.39, 0.29) is 5.91 Å². The van der Waals surface area contributed by atoms with Gasteiger partial charge in [0.1, 0.15) is 0 Å². The van der Waals surface area contributed by atoms with Gasteiger partial charge < -0.3 is 10.6 Å². The minimum Gasteiger partial charge on any atom is -0.382 e. The molecule has 0 heterocycles. The van der Waals surface area contributed by atoms with Gasteiger partial charge in [0.15, 0.2) is 0 Å². The Hall–Kier alpha value is -1.51. The summed E-state index contributed by atoms with van der Waals surface area (Å²) in [5.41, 5.74) is 1.80. The van der Waals surface area contributed by atoms with Crippen molar-refractivity contribution < 1.29 is 4.79 Å². The van der Waals surface area contributed by atoms with Gasteiger partial charge in [0.25, 0.3) is 5.91 Å². The molecule has 1 aliphatic rings. The number of carbonyl (C=O) groups excluding carboxylic acids is 1. The Morgan fingerprint density at radius 3 is 2.81 bits per heavy atom. The van der Waals surface area contributed by atoms with Crippen molar-refractivity contribution in [3.63, 3.8) is 0 Å². The van der Waals surface area contributed by atoms with E-state index in [0.717, 1.165) is 30.1 Å². The van der Waals surface area contributed by atoms with E-state index in [9.17, 15) is 4.79 Å². The zero-order valence-corrected chi connectivity index (χ0v) is 13.5. The minimum atomic E-state index is 0.0193. The van der Waals surface area contributed by atoms with Crippen LogP contribution in [0, 0.1) is 11.8 Å². The second-order valence-electron chi connectivity index (χ2n) is 6.48. The van der Waals surface area contributed by atoms with E-state index in [1.807, 2.05) is 18.2 Å². The summed E-state index contributed by atoms with van der Waals surface area (Å²) in [6.45, 7) is 7.45. The first-order valence-electron chi connectivity index (χ1n) is 8.25. The van der Waals surface area contributed by atoms with Gasteiger partial charge in [-0.15, -0.1) is 0 Å². The molecule has 1 aromatic carbocycles. The number of anilines is 1. The molecular weight excluding hydrogens is 260 g/mol. The highest BCUT2D eigenvalue weighted by Gasteiger charge is 2.25. The van der Waals surface area contributed by atoms with E-state index >= 15 is 0 Å². The summed E-state index contributed by atoms with van der Waals surface area (Å²) in [5.74, 6) is 1.54. The first-order valence-corrected chi connectivity index (χ1v) is 8.25. The number of carbonyl (C=O) groups is 1. The molecular formula is C18H28N2O. The molecule has 1 aliphatic carbocycles. The molecule has 0 aliphatic heterocycles. The van der Waals surface area contributed by atoms with E-state index in [0.29, 0.717) is 12.0 Å². The Labute approximate surface area is 128 Å². The van der Waals surface area contributed by atoms with Gasteiger partial charge in [0, 0.05) is 23.8 Å². The molecule has 1 amide bonds. The largest absolute Gasteiger partial charge is 0.382 e. The average Bonchev–Trinajstić information content (AvgIpc) is 2.48. The summed E-state index contributed by atoms with van der Waals surface area (Å²) in [6, 6.07) is 8.38. The van der Waals surface area contributed by atoms with Crippen molar-refractivity contribution in [2.75, 3.05) is 11.9 Å². The Morgan fingerprint density at radius 2 is 2.10 bits per heavy atom. The molecule has 2 rings (SSSR count). The van der Waals surface area contributed by atoms with E-state index in [4.69, 9.17) is 0 Å². The van der Waals surface area contributed by atoms with Crippen molar-refractivity contribution in [1.29, 1.82) is 0 Å². The third kappa shape index (κ3) is 4.48. The Kier molecular flexibility index (Phi) is 5.66. The molecule has 0 bridgehead atoms. The minimum absolute atomic E-state index is 0.0193. The van der Waals surface area contributed by atoms with Gasteiger partial charge in [0.2, 0.25) is 0 Å². The van der Waals surface area contributed by atoms with Crippen LogP contribution in [0.3, 0.4) is 0 Å². The second-order valence-corrected chi connectivity index (χ2v) is 6.48.